The van der Waals surface area contributed by atoms with Gasteiger partial charge in [-0.2, -0.15) is 0 Å². The predicted octanol–water partition coefficient (Wildman–Crippen LogP) is 1.78. The van der Waals surface area contributed by atoms with E-state index in [4.69, 9.17) is 0 Å². The molecule has 19 heavy (non-hydrogen) atoms. The number of rotatable bonds is 1. The molecule has 2 aromatic carbocycles. The summed E-state index contributed by atoms with van der Waals surface area (Å²) >= 11 is 0. The third-order valence-corrected chi connectivity index (χ3v) is 3.46. The lowest BCUT2D eigenvalue weighted by Gasteiger charge is -1.99. The van der Waals surface area contributed by atoms with Crippen molar-refractivity contribution in [3.63, 3.8) is 0 Å². The molecule has 2 heterocycles. The van der Waals surface area contributed by atoms with Gasteiger partial charge < -0.3 is 4.98 Å². The lowest BCUT2D eigenvalue weighted by atomic mass is 10.0. The molecule has 1 aromatic heterocycles. The number of carbonyl (C=O) groups is 1. The summed E-state index contributed by atoms with van der Waals surface area (Å²) in [5, 5.41) is 2.83. The molecule has 1 aliphatic heterocycles. The average Bonchev–Trinajstić information content (AvgIpc) is 3.00. The Morgan fingerprint density at radius 1 is 0.947 bits per heavy atom. The van der Waals surface area contributed by atoms with Crippen molar-refractivity contribution in [3.05, 3.63) is 59.2 Å². The average molecular weight is 246 g/mol. The second-order valence-electron chi connectivity index (χ2n) is 4.58. The zero-order valence-corrected chi connectivity index (χ0v) is 10.1. The van der Waals surface area contributed by atoms with E-state index in [1.807, 2.05) is 42.6 Å². The first kappa shape index (κ1) is 10.3. The van der Waals surface area contributed by atoms with Crippen LogP contribution in [0.4, 0.5) is 0 Å². The Labute approximate surface area is 108 Å². The highest BCUT2D eigenvalue weighted by Crippen LogP contribution is 2.25. The third-order valence-electron chi connectivity index (χ3n) is 3.46. The van der Waals surface area contributed by atoms with Crippen molar-refractivity contribution in [2.45, 2.75) is 0 Å². The molecule has 0 saturated carbocycles. The van der Waals surface area contributed by atoms with E-state index in [9.17, 15) is 4.79 Å². The van der Waals surface area contributed by atoms with Crippen molar-refractivity contribution in [2.24, 2.45) is 4.99 Å². The highest BCUT2D eigenvalue weighted by Gasteiger charge is 2.11. The van der Waals surface area contributed by atoms with Gasteiger partial charge in [-0.15, -0.1) is 0 Å². The van der Waals surface area contributed by atoms with E-state index in [-0.39, 0.29) is 5.91 Å². The Morgan fingerprint density at radius 2 is 1.84 bits per heavy atom. The monoisotopic (exact) mass is 246 g/mol. The minimum atomic E-state index is -0.178. The largest absolute Gasteiger partial charge is 0.361 e. The van der Waals surface area contributed by atoms with Gasteiger partial charge in [-0.05, 0) is 17.7 Å². The first-order valence-corrected chi connectivity index (χ1v) is 6.13. The van der Waals surface area contributed by atoms with Crippen LogP contribution in [0.15, 0.2) is 53.7 Å². The number of aromatic nitrogens is 1. The van der Waals surface area contributed by atoms with Crippen LogP contribution in [0.5, 0.6) is 0 Å². The van der Waals surface area contributed by atoms with Gasteiger partial charge in [-0.25, -0.2) is 4.99 Å². The van der Waals surface area contributed by atoms with Gasteiger partial charge in [0.1, 0.15) is 0 Å². The number of hydrogen-bond donors (Lipinski definition) is 1. The van der Waals surface area contributed by atoms with Gasteiger partial charge in [0.05, 0.1) is 5.36 Å². The molecule has 0 bridgehead atoms. The quantitative estimate of drug-likeness (QED) is 0.699. The lowest BCUT2D eigenvalue weighted by molar-refractivity contribution is -0.112. The second kappa shape index (κ2) is 3.65. The first-order chi connectivity index (χ1) is 9.33. The molecule has 0 aliphatic carbocycles. The number of H-pyrrole nitrogens is 1. The molecule has 0 spiro atoms. The maximum Gasteiger partial charge on any atom is 0.270 e. The van der Waals surface area contributed by atoms with Crippen LogP contribution in [0.1, 0.15) is 0 Å². The molecule has 3 aromatic rings. The SMILES string of the molecule is O=C1C=c2c(-c3c[nH]c4ccccc34)cccc2=N1. The van der Waals surface area contributed by atoms with Gasteiger partial charge in [-0.1, -0.05) is 30.3 Å². The van der Waals surface area contributed by atoms with Crippen molar-refractivity contribution in [1.82, 2.24) is 4.98 Å². The molecular formula is C16H10N2O. The number of aromatic amines is 1. The minimum Gasteiger partial charge on any atom is -0.361 e. The van der Waals surface area contributed by atoms with Gasteiger partial charge in [0.2, 0.25) is 0 Å². The number of para-hydroxylation sites is 1. The molecule has 90 valence electrons. The highest BCUT2D eigenvalue weighted by molar-refractivity contribution is 6.08. The van der Waals surface area contributed by atoms with Crippen LogP contribution in [0, 0.1) is 0 Å². The molecular weight excluding hydrogens is 236 g/mol. The fourth-order valence-corrected chi connectivity index (χ4v) is 2.61. The number of fused-ring (bicyclic) bond motifs is 2. The van der Waals surface area contributed by atoms with Crippen molar-refractivity contribution in [2.75, 3.05) is 0 Å². The number of nitrogens with zero attached hydrogens (tertiary/aromatic N) is 1. The van der Waals surface area contributed by atoms with Crippen LogP contribution in [-0.4, -0.2) is 10.9 Å². The topological polar surface area (TPSA) is 45.2 Å². The maximum absolute atomic E-state index is 11.5. The zero-order valence-electron chi connectivity index (χ0n) is 10.1. The lowest BCUT2D eigenvalue weighted by Crippen LogP contribution is -2.23. The fourth-order valence-electron chi connectivity index (χ4n) is 2.61. The Morgan fingerprint density at radius 3 is 2.79 bits per heavy atom. The van der Waals surface area contributed by atoms with Crippen molar-refractivity contribution >= 4 is 22.9 Å². The normalized spacial score (nSPS) is 13.2. The van der Waals surface area contributed by atoms with Crippen molar-refractivity contribution in [1.29, 1.82) is 0 Å². The summed E-state index contributed by atoms with van der Waals surface area (Å²) in [6, 6.07) is 14.0. The first-order valence-electron chi connectivity index (χ1n) is 6.13. The second-order valence-corrected chi connectivity index (χ2v) is 4.58. The minimum absolute atomic E-state index is 0.178. The number of nitrogens with one attached hydrogen (secondary N) is 1. The summed E-state index contributed by atoms with van der Waals surface area (Å²) in [6.07, 6.45) is 3.59. The number of amides is 1. The zero-order chi connectivity index (χ0) is 12.8. The van der Waals surface area contributed by atoms with Crippen LogP contribution in [0.25, 0.3) is 28.1 Å². The summed E-state index contributed by atoms with van der Waals surface area (Å²) in [5.41, 5.74) is 3.24. The smallest absolute Gasteiger partial charge is 0.270 e. The number of carbonyl (C=O) groups excluding carboxylic acids is 1. The Kier molecular flexibility index (Phi) is 1.97. The van der Waals surface area contributed by atoms with Crippen molar-refractivity contribution in [3.8, 4) is 11.1 Å². The molecule has 0 atom stereocenters. The van der Waals surface area contributed by atoms with Crippen LogP contribution in [-0.2, 0) is 4.79 Å². The number of hydrogen-bond acceptors (Lipinski definition) is 1. The molecule has 1 aliphatic rings. The summed E-state index contributed by atoms with van der Waals surface area (Å²) in [7, 11) is 0. The van der Waals surface area contributed by atoms with Gasteiger partial charge in [0.25, 0.3) is 5.91 Å². The predicted molar refractivity (Wildman–Crippen MR) is 74.0 cm³/mol. The fraction of sp³-hybridized carbons (Fsp3) is 0. The third kappa shape index (κ3) is 1.45. The van der Waals surface area contributed by atoms with Crippen LogP contribution in [0.2, 0.25) is 0 Å². The molecule has 0 saturated heterocycles. The molecule has 4 rings (SSSR count). The van der Waals surface area contributed by atoms with Gasteiger partial charge in [0.15, 0.2) is 0 Å². The molecule has 0 radical (unpaired) electrons. The molecule has 1 amide bonds. The molecule has 3 nitrogen and oxygen atoms in total. The van der Waals surface area contributed by atoms with E-state index in [0.29, 0.717) is 0 Å². The molecule has 0 unspecified atom stereocenters. The number of benzene rings is 2. The molecule has 3 heteroatoms. The van der Waals surface area contributed by atoms with E-state index in [2.05, 4.69) is 16.0 Å². The highest BCUT2D eigenvalue weighted by atomic mass is 16.1. The Bertz CT molecular complexity index is 935. The van der Waals surface area contributed by atoms with E-state index in [1.54, 1.807) is 6.08 Å². The Balaban J connectivity index is 2.11. The van der Waals surface area contributed by atoms with Crippen LogP contribution >= 0.6 is 0 Å². The Hall–Kier alpha value is -2.68. The summed E-state index contributed by atoms with van der Waals surface area (Å²) < 4.78 is 0. The van der Waals surface area contributed by atoms with Crippen LogP contribution in [0.3, 0.4) is 0 Å². The van der Waals surface area contributed by atoms with Gasteiger partial charge in [-0.3, -0.25) is 4.79 Å². The molecule has 0 fully saturated rings. The van der Waals surface area contributed by atoms with E-state index < -0.39 is 0 Å². The molecule has 1 N–H and O–H groups in total. The van der Waals surface area contributed by atoms with E-state index in [0.717, 1.165) is 32.6 Å². The van der Waals surface area contributed by atoms with Gasteiger partial charge >= 0.3 is 0 Å². The van der Waals surface area contributed by atoms with Crippen molar-refractivity contribution < 1.29 is 4.79 Å². The summed E-state index contributed by atoms with van der Waals surface area (Å²) in [6.45, 7) is 0. The van der Waals surface area contributed by atoms with Crippen LogP contribution < -0.4 is 10.6 Å². The van der Waals surface area contributed by atoms with E-state index >= 15 is 0 Å². The summed E-state index contributed by atoms with van der Waals surface area (Å²) in [5.74, 6) is -0.178. The van der Waals surface area contributed by atoms with E-state index in [1.165, 1.54) is 0 Å². The van der Waals surface area contributed by atoms with Gasteiger partial charge in [0, 0.05) is 34.0 Å². The standard InChI is InChI=1S/C16H10N2O/c19-16-8-12-10(5-3-7-15(12)18-16)13-9-17-14-6-2-1-4-11(13)14/h1-9,17H. The summed E-state index contributed by atoms with van der Waals surface area (Å²) in [4.78, 5) is 18.7. The maximum atomic E-state index is 11.5.